The first kappa shape index (κ1) is 13.1. The smallest absolute Gasteiger partial charge is 0.186 e. The van der Waals surface area contributed by atoms with Crippen molar-refractivity contribution < 1.29 is 4.79 Å². The molecule has 0 spiro atoms. The Balaban J connectivity index is 2.42. The lowest BCUT2D eigenvalue weighted by Gasteiger charge is -2.08. The van der Waals surface area contributed by atoms with Crippen LogP contribution in [0.25, 0.3) is 0 Å². The van der Waals surface area contributed by atoms with Gasteiger partial charge in [-0.1, -0.05) is 29.3 Å². The molecule has 2 nitrogen and oxygen atoms in total. The first-order chi connectivity index (χ1) is 8.63. The molecule has 1 atom stereocenters. The summed E-state index contributed by atoms with van der Waals surface area (Å²) in [6.07, 6.45) is 0. The monoisotopic (exact) mass is 295 g/mol. The predicted octanol–water partition coefficient (Wildman–Crippen LogP) is 4.54. The van der Waals surface area contributed by atoms with Crippen LogP contribution < -0.4 is 0 Å². The van der Waals surface area contributed by atoms with Gasteiger partial charge >= 0.3 is 0 Å². The summed E-state index contributed by atoms with van der Waals surface area (Å²) in [5.74, 6) is -1.16. The summed E-state index contributed by atoms with van der Waals surface area (Å²) >= 11 is 13.2. The summed E-state index contributed by atoms with van der Waals surface area (Å²) in [6.45, 7) is 0. The maximum absolute atomic E-state index is 12.3. The van der Waals surface area contributed by atoms with Gasteiger partial charge in [0.25, 0.3) is 0 Å². The topological polar surface area (TPSA) is 40.9 Å². The molecule has 0 aliphatic rings. The molecule has 90 valence electrons. The van der Waals surface area contributed by atoms with Crippen LogP contribution in [-0.2, 0) is 0 Å². The number of halogens is 2. The summed E-state index contributed by atoms with van der Waals surface area (Å²) in [5.41, 5.74) is 0.282. The van der Waals surface area contributed by atoms with Crippen molar-refractivity contribution >= 4 is 40.3 Å². The van der Waals surface area contributed by atoms with E-state index in [1.54, 1.807) is 24.3 Å². The number of benzene rings is 1. The van der Waals surface area contributed by atoms with E-state index in [-0.39, 0.29) is 11.3 Å². The highest BCUT2D eigenvalue weighted by Gasteiger charge is 2.24. The average Bonchev–Trinajstić information content (AvgIpc) is 2.87. The van der Waals surface area contributed by atoms with Gasteiger partial charge in [-0.3, -0.25) is 4.79 Å². The third-order valence-electron chi connectivity index (χ3n) is 2.41. The summed E-state index contributed by atoms with van der Waals surface area (Å²) in [4.78, 5) is 13.0. The molecule has 0 fully saturated rings. The normalized spacial score (nSPS) is 11.8. The van der Waals surface area contributed by atoms with E-state index in [2.05, 4.69) is 0 Å². The molecule has 2 rings (SSSR count). The number of thiophene rings is 1. The fourth-order valence-corrected chi connectivity index (χ4v) is 2.70. The number of nitriles is 1. The van der Waals surface area contributed by atoms with Gasteiger partial charge in [0.2, 0.25) is 0 Å². The number of hydrogen-bond donors (Lipinski definition) is 0. The molecule has 0 radical (unpaired) electrons. The van der Waals surface area contributed by atoms with Crippen molar-refractivity contribution in [1.29, 1.82) is 5.26 Å². The number of nitrogens with zero attached hydrogens (tertiary/aromatic N) is 1. The number of rotatable bonds is 3. The Morgan fingerprint density at radius 1 is 1.33 bits per heavy atom. The molecule has 18 heavy (non-hydrogen) atoms. The standard InChI is InChI=1S/C13H7Cl2NOS/c14-8-3-4-11(15)9(6-8)13(17)10(7-16)12-2-1-5-18-12/h1-6,10H. The highest BCUT2D eigenvalue weighted by molar-refractivity contribution is 7.10. The van der Waals surface area contributed by atoms with Crippen molar-refractivity contribution in [3.05, 3.63) is 56.2 Å². The third-order valence-corrected chi connectivity index (χ3v) is 3.91. The summed E-state index contributed by atoms with van der Waals surface area (Å²) in [7, 11) is 0. The Morgan fingerprint density at radius 2 is 2.11 bits per heavy atom. The van der Waals surface area contributed by atoms with Gasteiger partial charge < -0.3 is 0 Å². The van der Waals surface area contributed by atoms with Crippen LogP contribution in [0.2, 0.25) is 10.0 Å². The molecule has 0 bridgehead atoms. The van der Waals surface area contributed by atoms with Crippen molar-refractivity contribution in [2.45, 2.75) is 5.92 Å². The Hall–Kier alpha value is -1.34. The van der Waals surface area contributed by atoms with Crippen molar-refractivity contribution in [3.63, 3.8) is 0 Å². The highest BCUT2D eigenvalue weighted by Crippen LogP contribution is 2.29. The molecule has 1 aromatic carbocycles. The second-order valence-electron chi connectivity index (χ2n) is 3.57. The molecule has 0 N–H and O–H groups in total. The van der Waals surface area contributed by atoms with Gasteiger partial charge in [0, 0.05) is 15.5 Å². The zero-order chi connectivity index (χ0) is 13.1. The number of ketones is 1. The van der Waals surface area contributed by atoms with Crippen LogP contribution in [0, 0.1) is 11.3 Å². The van der Waals surface area contributed by atoms with Crippen LogP contribution in [0.15, 0.2) is 35.7 Å². The van der Waals surface area contributed by atoms with Gasteiger partial charge in [0.05, 0.1) is 11.1 Å². The van der Waals surface area contributed by atoms with E-state index < -0.39 is 5.92 Å². The Morgan fingerprint density at radius 3 is 2.72 bits per heavy atom. The van der Waals surface area contributed by atoms with E-state index in [1.165, 1.54) is 17.4 Å². The third kappa shape index (κ3) is 2.56. The van der Waals surface area contributed by atoms with Crippen molar-refractivity contribution in [2.24, 2.45) is 0 Å². The molecule has 1 heterocycles. The lowest BCUT2D eigenvalue weighted by Crippen LogP contribution is -2.10. The zero-order valence-corrected chi connectivity index (χ0v) is 11.4. The van der Waals surface area contributed by atoms with E-state index in [1.807, 2.05) is 11.4 Å². The molecule has 1 unspecified atom stereocenters. The Labute approximate surface area is 118 Å². The van der Waals surface area contributed by atoms with E-state index >= 15 is 0 Å². The highest BCUT2D eigenvalue weighted by atomic mass is 35.5. The number of carbonyl (C=O) groups excluding carboxylic acids is 1. The maximum Gasteiger partial charge on any atom is 0.186 e. The van der Waals surface area contributed by atoms with Crippen LogP contribution >= 0.6 is 34.5 Å². The largest absolute Gasteiger partial charge is 0.292 e. The Kier molecular flexibility index (Phi) is 4.03. The van der Waals surface area contributed by atoms with E-state index in [0.717, 1.165) is 0 Å². The molecule has 0 saturated carbocycles. The molecule has 1 aromatic heterocycles. The van der Waals surface area contributed by atoms with Gasteiger partial charge in [-0.05, 0) is 29.6 Å². The summed E-state index contributed by atoms with van der Waals surface area (Å²) in [5, 5.41) is 11.7. The number of Topliss-reactive ketones (excluding diaryl/α,β-unsaturated/α-hetero) is 1. The van der Waals surface area contributed by atoms with E-state index in [0.29, 0.717) is 14.9 Å². The van der Waals surface area contributed by atoms with Gasteiger partial charge in [-0.25, -0.2) is 0 Å². The summed E-state index contributed by atoms with van der Waals surface area (Å²) in [6, 6.07) is 10.2. The minimum absolute atomic E-state index is 0.282. The van der Waals surface area contributed by atoms with Gasteiger partial charge in [0.1, 0.15) is 5.92 Å². The van der Waals surface area contributed by atoms with Crippen LogP contribution in [0.5, 0.6) is 0 Å². The fourth-order valence-electron chi connectivity index (χ4n) is 1.55. The number of carbonyl (C=O) groups is 1. The van der Waals surface area contributed by atoms with Gasteiger partial charge in [-0.2, -0.15) is 5.26 Å². The second-order valence-corrected chi connectivity index (χ2v) is 5.39. The molecule has 2 aromatic rings. The SMILES string of the molecule is N#CC(C(=O)c1cc(Cl)ccc1Cl)c1cccs1. The van der Waals surface area contributed by atoms with Gasteiger partial charge in [0.15, 0.2) is 5.78 Å². The van der Waals surface area contributed by atoms with E-state index in [9.17, 15) is 4.79 Å². The zero-order valence-electron chi connectivity index (χ0n) is 9.06. The van der Waals surface area contributed by atoms with Crippen molar-refractivity contribution in [1.82, 2.24) is 0 Å². The molecule has 0 saturated heterocycles. The predicted molar refractivity (Wildman–Crippen MR) is 73.5 cm³/mol. The van der Waals surface area contributed by atoms with Crippen LogP contribution in [0.1, 0.15) is 21.2 Å². The minimum Gasteiger partial charge on any atom is -0.292 e. The molecular weight excluding hydrogens is 289 g/mol. The Bertz CT molecular complexity index is 616. The number of hydrogen-bond acceptors (Lipinski definition) is 3. The van der Waals surface area contributed by atoms with E-state index in [4.69, 9.17) is 28.5 Å². The molecule has 0 amide bonds. The molecule has 5 heteroatoms. The van der Waals surface area contributed by atoms with Crippen molar-refractivity contribution in [2.75, 3.05) is 0 Å². The van der Waals surface area contributed by atoms with Crippen LogP contribution in [0.3, 0.4) is 0 Å². The quantitative estimate of drug-likeness (QED) is 0.780. The lowest BCUT2D eigenvalue weighted by atomic mass is 9.97. The average molecular weight is 296 g/mol. The summed E-state index contributed by atoms with van der Waals surface area (Å²) < 4.78 is 0. The van der Waals surface area contributed by atoms with Gasteiger partial charge in [-0.15, -0.1) is 11.3 Å². The minimum atomic E-state index is -0.832. The first-order valence-corrected chi connectivity index (χ1v) is 6.69. The van der Waals surface area contributed by atoms with Crippen LogP contribution in [0.4, 0.5) is 0 Å². The maximum atomic E-state index is 12.3. The first-order valence-electron chi connectivity index (χ1n) is 5.05. The fraction of sp³-hybridized carbons (Fsp3) is 0.0769. The lowest BCUT2D eigenvalue weighted by molar-refractivity contribution is 0.0980. The van der Waals surface area contributed by atoms with Crippen LogP contribution in [-0.4, -0.2) is 5.78 Å². The molecule has 0 aliphatic heterocycles. The molecular formula is C13H7Cl2NOS. The van der Waals surface area contributed by atoms with Crippen molar-refractivity contribution in [3.8, 4) is 6.07 Å². The molecule has 0 aliphatic carbocycles. The second kappa shape index (κ2) is 5.53.